The second-order valence-corrected chi connectivity index (χ2v) is 7.66. The van der Waals surface area contributed by atoms with Gasteiger partial charge in [-0.2, -0.15) is 0 Å². The lowest BCUT2D eigenvalue weighted by Crippen LogP contribution is -2.48. The summed E-state index contributed by atoms with van der Waals surface area (Å²) in [7, 11) is 0. The zero-order chi connectivity index (χ0) is 18.2. The molecule has 152 valence electrons. The molecule has 1 aliphatic carbocycles. The molecule has 2 aliphatic rings. The van der Waals surface area contributed by atoms with E-state index in [0.717, 1.165) is 70.8 Å². The van der Waals surface area contributed by atoms with Crippen LogP contribution in [-0.2, 0) is 6.54 Å². The summed E-state index contributed by atoms with van der Waals surface area (Å²) in [4.78, 5) is 7.28. The predicted molar refractivity (Wildman–Crippen MR) is 123 cm³/mol. The van der Waals surface area contributed by atoms with Crippen LogP contribution in [0.1, 0.15) is 44.6 Å². The van der Waals surface area contributed by atoms with Crippen molar-refractivity contribution in [2.45, 2.75) is 57.7 Å². The molecule has 1 saturated heterocycles. The molecule has 6 heteroatoms. The van der Waals surface area contributed by atoms with E-state index in [1.54, 1.807) is 0 Å². The third kappa shape index (κ3) is 7.23. The first-order valence-electron chi connectivity index (χ1n) is 10.2. The van der Waals surface area contributed by atoms with Crippen LogP contribution in [0.3, 0.4) is 0 Å². The topological polar surface area (TPSA) is 59.9 Å². The van der Waals surface area contributed by atoms with Crippen LogP contribution in [0.2, 0.25) is 0 Å². The number of aliphatic hydroxyl groups is 1. The summed E-state index contributed by atoms with van der Waals surface area (Å²) in [6.07, 6.45) is 5.28. The average Bonchev–Trinajstić information content (AvgIpc) is 3.07. The normalized spacial score (nSPS) is 24.4. The first-order chi connectivity index (χ1) is 12.7. The summed E-state index contributed by atoms with van der Waals surface area (Å²) in [6, 6.07) is 11.2. The van der Waals surface area contributed by atoms with Crippen LogP contribution >= 0.6 is 24.0 Å². The number of halogens is 1. The van der Waals surface area contributed by atoms with Crippen LogP contribution in [0.25, 0.3) is 0 Å². The van der Waals surface area contributed by atoms with E-state index in [4.69, 9.17) is 4.99 Å². The molecule has 2 unspecified atom stereocenters. The Hall–Kier alpha value is -0.860. The van der Waals surface area contributed by atoms with Crippen LogP contribution < -0.4 is 10.6 Å². The average molecular weight is 486 g/mol. The minimum absolute atomic E-state index is 0. The largest absolute Gasteiger partial charge is 0.393 e. The number of benzene rings is 1. The van der Waals surface area contributed by atoms with Gasteiger partial charge in [-0.3, -0.25) is 9.89 Å². The molecule has 1 aromatic rings. The Morgan fingerprint density at radius 1 is 1.15 bits per heavy atom. The highest BCUT2D eigenvalue weighted by atomic mass is 127. The molecule has 1 aliphatic heterocycles. The van der Waals surface area contributed by atoms with Gasteiger partial charge < -0.3 is 15.7 Å². The van der Waals surface area contributed by atoms with Crippen molar-refractivity contribution >= 4 is 29.9 Å². The standard InChI is InChI=1S/C21H34N4O.HI/c1-2-22-21(23-15-18-9-6-10-20(18)26)24-19-11-13-25(14-12-19)16-17-7-4-3-5-8-17;/h3-5,7-8,18-20,26H,2,6,9-16H2,1H3,(H2,22,23,24);1H. The Morgan fingerprint density at radius 3 is 2.52 bits per heavy atom. The Bertz CT molecular complexity index is 561. The highest BCUT2D eigenvalue weighted by Crippen LogP contribution is 2.25. The molecule has 1 saturated carbocycles. The van der Waals surface area contributed by atoms with Crippen molar-refractivity contribution in [2.24, 2.45) is 10.9 Å². The molecule has 0 radical (unpaired) electrons. The highest BCUT2D eigenvalue weighted by molar-refractivity contribution is 14.0. The van der Waals surface area contributed by atoms with E-state index >= 15 is 0 Å². The number of rotatable bonds is 6. The number of hydrogen-bond acceptors (Lipinski definition) is 3. The Morgan fingerprint density at radius 2 is 1.89 bits per heavy atom. The van der Waals surface area contributed by atoms with E-state index < -0.39 is 0 Å². The van der Waals surface area contributed by atoms with Gasteiger partial charge in [0.15, 0.2) is 5.96 Å². The molecule has 5 nitrogen and oxygen atoms in total. The molecule has 27 heavy (non-hydrogen) atoms. The van der Waals surface area contributed by atoms with Gasteiger partial charge in [0.1, 0.15) is 0 Å². The van der Waals surface area contributed by atoms with Crippen molar-refractivity contribution in [1.82, 2.24) is 15.5 Å². The SMILES string of the molecule is CCNC(=NCC1CCCC1O)NC1CCN(Cc2ccccc2)CC1.I. The summed E-state index contributed by atoms with van der Waals surface area (Å²) in [5, 5.41) is 17.0. The van der Waals surface area contributed by atoms with Gasteiger partial charge in [-0.05, 0) is 38.2 Å². The van der Waals surface area contributed by atoms with Crippen molar-refractivity contribution in [2.75, 3.05) is 26.2 Å². The van der Waals surface area contributed by atoms with E-state index in [1.807, 2.05) is 0 Å². The van der Waals surface area contributed by atoms with Gasteiger partial charge >= 0.3 is 0 Å². The number of aliphatic imine (C=N–C) groups is 1. The molecule has 0 spiro atoms. The van der Waals surface area contributed by atoms with Crippen LogP contribution in [0.15, 0.2) is 35.3 Å². The fourth-order valence-electron chi connectivity index (χ4n) is 4.03. The first-order valence-corrected chi connectivity index (χ1v) is 10.2. The van der Waals surface area contributed by atoms with E-state index in [2.05, 4.69) is 52.8 Å². The fourth-order valence-corrected chi connectivity index (χ4v) is 4.03. The molecule has 0 amide bonds. The smallest absolute Gasteiger partial charge is 0.191 e. The zero-order valence-electron chi connectivity index (χ0n) is 16.4. The maximum atomic E-state index is 9.99. The summed E-state index contributed by atoms with van der Waals surface area (Å²) >= 11 is 0. The molecule has 0 aromatic heterocycles. The van der Waals surface area contributed by atoms with Gasteiger partial charge in [-0.1, -0.05) is 36.8 Å². The first kappa shape index (κ1) is 22.4. The maximum absolute atomic E-state index is 9.99. The van der Waals surface area contributed by atoms with Gasteiger partial charge in [0.2, 0.25) is 0 Å². The lowest BCUT2D eigenvalue weighted by atomic mass is 10.0. The molecule has 3 N–H and O–H groups in total. The lowest BCUT2D eigenvalue weighted by Gasteiger charge is -2.33. The number of nitrogens with zero attached hydrogens (tertiary/aromatic N) is 2. The van der Waals surface area contributed by atoms with Crippen molar-refractivity contribution in [3.05, 3.63) is 35.9 Å². The minimum atomic E-state index is -0.164. The summed E-state index contributed by atoms with van der Waals surface area (Å²) < 4.78 is 0. The molecule has 3 rings (SSSR count). The van der Waals surface area contributed by atoms with E-state index in [-0.39, 0.29) is 30.1 Å². The number of likely N-dealkylation sites (tertiary alicyclic amines) is 1. The van der Waals surface area contributed by atoms with E-state index in [0.29, 0.717) is 12.0 Å². The highest BCUT2D eigenvalue weighted by Gasteiger charge is 2.25. The third-order valence-electron chi connectivity index (χ3n) is 5.62. The van der Waals surface area contributed by atoms with Gasteiger partial charge in [0.05, 0.1) is 6.10 Å². The van der Waals surface area contributed by atoms with Crippen LogP contribution in [-0.4, -0.2) is 54.3 Å². The predicted octanol–water partition coefficient (Wildman–Crippen LogP) is 2.99. The van der Waals surface area contributed by atoms with E-state index in [1.165, 1.54) is 5.56 Å². The van der Waals surface area contributed by atoms with Gasteiger partial charge in [-0.25, -0.2) is 0 Å². The van der Waals surface area contributed by atoms with Crippen molar-refractivity contribution in [1.29, 1.82) is 0 Å². The van der Waals surface area contributed by atoms with E-state index in [9.17, 15) is 5.11 Å². The van der Waals surface area contributed by atoms with Crippen LogP contribution in [0, 0.1) is 5.92 Å². The summed E-state index contributed by atoms with van der Waals surface area (Å²) in [6.45, 7) is 6.97. The number of aliphatic hydroxyl groups excluding tert-OH is 1. The second-order valence-electron chi connectivity index (χ2n) is 7.66. The summed E-state index contributed by atoms with van der Waals surface area (Å²) in [5.41, 5.74) is 1.39. The lowest BCUT2D eigenvalue weighted by molar-refractivity contribution is 0.136. The monoisotopic (exact) mass is 486 g/mol. The van der Waals surface area contributed by atoms with Gasteiger partial charge in [0, 0.05) is 44.7 Å². The van der Waals surface area contributed by atoms with Crippen LogP contribution in [0.5, 0.6) is 0 Å². The molecular weight excluding hydrogens is 451 g/mol. The molecule has 1 heterocycles. The fraction of sp³-hybridized carbons (Fsp3) is 0.667. The minimum Gasteiger partial charge on any atom is -0.393 e. The number of piperidine rings is 1. The number of guanidine groups is 1. The molecular formula is C21H35IN4O. The Labute approximate surface area is 181 Å². The molecule has 2 atom stereocenters. The Balaban J connectivity index is 0.00000261. The number of hydrogen-bond donors (Lipinski definition) is 3. The van der Waals surface area contributed by atoms with Crippen LogP contribution in [0.4, 0.5) is 0 Å². The maximum Gasteiger partial charge on any atom is 0.191 e. The zero-order valence-corrected chi connectivity index (χ0v) is 18.8. The van der Waals surface area contributed by atoms with Crippen molar-refractivity contribution in [3.8, 4) is 0 Å². The summed E-state index contributed by atoms with van der Waals surface area (Å²) in [5.74, 6) is 1.24. The third-order valence-corrected chi connectivity index (χ3v) is 5.62. The van der Waals surface area contributed by atoms with Crippen molar-refractivity contribution < 1.29 is 5.11 Å². The molecule has 1 aromatic carbocycles. The van der Waals surface area contributed by atoms with Gasteiger partial charge in [-0.15, -0.1) is 24.0 Å². The van der Waals surface area contributed by atoms with Gasteiger partial charge in [0.25, 0.3) is 0 Å². The molecule has 0 bridgehead atoms. The quantitative estimate of drug-likeness (QED) is 0.329. The second kappa shape index (κ2) is 11.9. The molecule has 2 fully saturated rings. The van der Waals surface area contributed by atoms with Crippen molar-refractivity contribution in [3.63, 3.8) is 0 Å². The number of nitrogens with one attached hydrogen (secondary N) is 2. The Kier molecular flexibility index (Phi) is 9.86.